The molecule has 0 saturated carbocycles. The fraction of sp³-hybridized carbons (Fsp3) is 0.296. The molecule has 3 aromatic carbocycles. The molecule has 3 rings (SSSR count). The normalized spacial score (nSPS) is 12.3. The van der Waals surface area contributed by atoms with E-state index in [9.17, 15) is 13.2 Å². The van der Waals surface area contributed by atoms with E-state index < -0.39 is 10.0 Å². The average molecular weight is 465 g/mol. The summed E-state index contributed by atoms with van der Waals surface area (Å²) in [5, 5.41) is 2.96. The second kappa shape index (κ2) is 9.79. The molecule has 3 aromatic rings. The summed E-state index contributed by atoms with van der Waals surface area (Å²) >= 11 is 0. The van der Waals surface area contributed by atoms with Crippen LogP contribution in [0.2, 0.25) is 0 Å². The molecule has 6 heteroatoms. The minimum absolute atomic E-state index is 0.156. The number of hydrogen-bond donors (Lipinski definition) is 1. The number of anilines is 1. The van der Waals surface area contributed by atoms with Crippen LogP contribution in [0.15, 0.2) is 65.6 Å². The second-order valence-corrected chi connectivity index (χ2v) is 10.6. The fourth-order valence-electron chi connectivity index (χ4n) is 3.66. The number of sulfonamides is 1. The first kappa shape index (κ1) is 24.5. The van der Waals surface area contributed by atoms with Crippen molar-refractivity contribution in [2.24, 2.45) is 0 Å². The van der Waals surface area contributed by atoms with Crippen LogP contribution in [-0.4, -0.2) is 20.9 Å². The predicted octanol–water partition coefficient (Wildman–Crippen LogP) is 5.30. The molecule has 0 aliphatic rings. The maximum atomic E-state index is 13.6. The molecule has 0 saturated heterocycles. The molecular formula is C27H32N2O3S. The van der Waals surface area contributed by atoms with E-state index in [2.05, 4.69) is 5.32 Å². The number of aryl methyl sites for hydroxylation is 5. The molecular weight excluding hydrogens is 432 g/mol. The minimum atomic E-state index is -3.95. The molecule has 0 aliphatic carbocycles. The SMILES string of the molecule is Cc1ccc(S(=O)(=O)N(CC(=O)NC(C)c2ccc(C)c(C)c2)c2cc(C)ccc2C)cc1. The first-order valence-electron chi connectivity index (χ1n) is 11.0. The van der Waals surface area contributed by atoms with Crippen LogP contribution in [0.1, 0.15) is 46.3 Å². The Balaban J connectivity index is 1.94. The van der Waals surface area contributed by atoms with Gasteiger partial charge in [-0.3, -0.25) is 9.10 Å². The van der Waals surface area contributed by atoms with Gasteiger partial charge in [0.15, 0.2) is 0 Å². The van der Waals surface area contributed by atoms with Crippen LogP contribution in [0.3, 0.4) is 0 Å². The van der Waals surface area contributed by atoms with Crippen LogP contribution in [0.5, 0.6) is 0 Å². The molecule has 0 fully saturated rings. The number of carbonyl (C=O) groups is 1. The smallest absolute Gasteiger partial charge is 0.264 e. The highest BCUT2D eigenvalue weighted by molar-refractivity contribution is 7.92. The van der Waals surface area contributed by atoms with Crippen molar-refractivity contribution in [3.05, 3.63) is 94.0 Å². The predicted molar refractivity (Wildman–Crippen MR) is 134 cm³/mol. The van der Waals surface area contributed by atoms with Gasteiger partial charge in [0.25, 0.3) is 10.0 Å². The molecule has 0 aliphatic heterocycles. The summed E-state index contributed by atoms with van der Waals surface area (Å²) < 4.78 is 28.5. The van der Waals surface area contributed by atoms with Gasteiger partial charge >= 0.3 is 0 Å². The molecule has 5 nitrogen and oxygen atoms in total. The lowest BCUT2D eigenvalue weighted by atomic mass is 10.0. The Morgan fingerprint density at radius 1 is 0.818 bits per heavy atom. The number of nitrogens with one attached hydrogen (secondary N) is 1. The monoisotopic (exact) mass is 464 g/mol. The minimum Gasteiger partial charge on any atom is -0.348 e. The second-order valence-electron chi connectivity index (χ2n) is 8.75. The van der Waals surface area contributed by atoms with Crippen LogP contribution in [-0.2, 0) is 14.8 Å². The number of nitrogens with zero attached hydrogens (tertiary/aromatic N) is 1. The van der Waals surface area contributed by atoms with Crippen molar-refractivity contribution >= 4 is 21.6 Å². The van der Waals surface area contributed by atoms with Crippen molar-refractivity contribution in [1.29, 1.82) is 0 Å². The van der Waals surface area contributed by atoms with Gasteiger partial charge in [0.1, 0.15) is 6.54 Å². The molecule has 1 N–H and O–H groups in total. The molecule has 0 heterocycles. The molecule has 33 heavy (non-hydrogen) atoms. The Kier molecular flexibility index (Phi) is 7.28. The van der Waals surface area contributed by atoms with Gasteiger partial charge in [0.05, 0.1) is 16.6 Å². The van der Waals surface area contributed by atoms with E-state index in [4.69, 9.17) is 0 Å². The third-order valence-corrected chi connectivity index (χ3v) is 7.71. The van der Waals surface area contributed by atoms with Crippen molar-refractivity contribution in [2.75, 3.05) is 10.8 Å². The van der Waals surface area contributed by atoms with Crippen LogP contribution in [0.4, 0.5) is 5.69 Å². The zero-order valence-electron chi connectivity index (χ0n) is 20.1. The summed E-state index contributed by atoms with van der Waals surface area (Å²) in [6.07, 6.45) is 0. The molecule has 1 atom stereocenters. The summed E-state index contributed by atoms with van der Waals surface area (Å²) in [6.45, 7) is 11.3. The van der Waals surface area contributed by atoms with E-state index in [0.717, 1.165) is 27.8 Å². The van der Waals surface area contributed by atoms with Crippen LogP contribution >= 0.6 is 0 Å². The number of rotatable bonds is 7. The summed E-state index contributed by atoms with van der Waals surface area (Å²) in [5.74, 6) is -0.364. The zero-order valence-corrected chi connectivity index (χ0v) is 21.0. The maximum Gasteiger partial charge on any atom is 0.264 e. The van der Waals surface area contributed by atoms with E-state index in [1.165, 1.54) is 9.87 Å². The molecule has 174 valence electrons. The third kappa shape index (κ3) is 5.63. The Labute approximate surface area is 197 Å². The van der Waals surface area contributed by atoms with Gasteiger partial charge in [-0.15, -0.1) is 0 Å². The van der Waals surface area contributed by atoms with E-state index >= 15 is 0 Å². The molecule has 0 aromatic heterocycles. The van der Waals surface area contributed by atoms with Gasteiger partial charge in [-0.2, -0.15) is 0 Å². The number of hydrogen-bond acceptors (Lipinski definition) is 3. The Bertz CT molecular complexity index is 1270. The van der Waals surface area contributed by atoms with Crippen molar-refractivity contribution in [3.8, 4) is 0 Å². The molecule has 1 amide bonds. The zero-order chi connectivity index (χ0) is 24.3. The van der Waals surface area contributed by atoms with Gasteiger partial charge in [-0.25, -0.2) is 8.42 Å². The third-order valence-electron chi connectivity index (χ3n) is 5.94. The Morgan fingerprint density at radius 2 is 1.42 bits per heavy atom. The summed E-state index contributed by atoms with van der Waals surface area (Å²) in [5.41, 5.74) is 6.48. The highest BCUT2D eigenvalue weighted by atomic mass is 32.2. The van der Waals surface area contributed by atoms with Crippen LogP contribution < -0.4 is 9.62 Å². The topological polar surface area (TPSA) is 66.5 Å². The quantitative estimate of drug-likeness (QED) is 0.516. The first-order valence-corrected chi connectivity index (χ1v) is 12.5. The number of carbonyl (C=O) groups excluding carboxylic acids is 1. The van der Waals surface area contributed by atoms with E-state index in [1.807, 2.05) is 71.9 Å². The van der Waals surface area contributed by atoms with Crippen LogP contribution in [0.25, 0.3) is 0 Å². The van der Waals surface area contributed by atoms with Crippen molar-refractivity contribution in [3.63, 3.8) is 0 Å². The Morgan fingerprint density at radius 3 is 2.06 bits per heavy atom. The lowest BCUT2D eigenvalue weighted by Crippen LogP contribution is -2.42. The van der Waals surface area contributed by atoms with Crippen molar-refractivity contribution in [2.45, 2.75) is 52.5 Å². The van der Waals surface area contributed by atoms with Gasteiger partial charge < -0.3 is 5.32 Å². The van der Waals surface area contributed by atoms with E-state index in [-0.39, 0.29) is 23.4 Å². The largest absolute Gasteiger partial charge is 0.348 e. The molecule has 0 radical (unpaired) electrons. The molecule has 0 bridgehead atoms. The van der Waals surface area contributed by atoms with Gasteiger partial charge in [0.2, 0.25) is 5.91 Å². The lowest BCUT2D eigenvalue weighted by molar-refractivity contribution is -0.120. The van der Waals surface area contributed by atoms with Gasteiger partial charge in [-0.05, 0) is 87.6 Å². The van der Waals surface area contributed by atoms with E-state index in [1.54, 1.807) is 30.3 Å². The summed E-state index contributed by atoms with van der Waals surface area (Å²) in [7, 11) is -3.95. The molecule has 1 unspecified atom stereocenters. The lowest BCUT2D eigenvalue weighted by Gasteiger charge is -2.27. The maximum absolute atomic E-state index is 13.6. The Hall–Kier alpha value is -3.12. The highest BCUT2D eigenvalue weighted by Gasteiger charge is 2.29. The van der Waals surface area contributed by atoms with Gasteiger partial charge in [0, 0.05) is 0 Å². The highest BCUT2D eigenvalue weighted by Crippen LogP contribution is 2.28. The standard InChI is InChI=1S/C27H32N2O3S/c1-18-8-13-25(14-9-18)33(31,32)29(26-15-19(2)7-10-21(26)4)17-27(30)28-23(6)24-12-11-20(3)22(5)16-24/h7-16,23H,17H2,1-6H3,(H,28,30). The summed E-state index contributed by atoms with van der Waals surface area (Å²) in [4.78, 5) is 13.2. The number of amides is 1. The summed E-state index contributed by atoms with van der Waals surface area (Å²) in [6, 6.07) is 18.1. The molecule has 0 spiro atoms. The number of benzene rings is 3. The van der Waals surface area contributed by atoms with E-state index in [0.29, 0.717) is 5.69 Å². The van der Waals surface area contributed by atoms with Gasteiger partial charge in [-0.1, -0.05) is 48.0 Å². The van der Waals surface area contributed by atoms with Crippen molar-refractivity contribution in [1.82, 2.24) is 5.32 Å². The van der Waals surface area contributed by atoms with Crippen molar-refractivity contribution < 1.29 is 13.2 Å². The first-order chi connectivity index (χ1) is 15.5. The average Bonchev–Trinajstić information content (AvgIpc) is 2.76. The fourth-order valence-corrected chi connectivity index (χ4v) is 5.14. The van der Waals surface area contributed by atoms with Crippen LogP contribution in [0, 0.1) is 34.6 Å².